The van der Waals surface area contributed by atoms with Crippen LogP contribution in [0.3, 0.4) is 0 Å². The number of rotatable bonds is 6. The molecule has 0 aliphatic carbocycles. The molecule has 0 aromatic heterocycles. The maximum absolute atomic E-state index is 11.1. The summed E-state index contributed by atoms with van der Waals surface area (Å²) >= 11 is 0. The molecule has 88 valence electrons. The van der Waals surface area contributed by atoms with Crippen molar-refractivity contribution in [2.45, 2.75) is 51.4 Å². The van der Waals surface area contributed by atoms with Crippen molar-refractivity contribution in [2.75, 3.05) is 13.2 Å². The van der Waals surface area contributed by atoms with Crippen LogP contribution in [-0.2, 0) is 14.3 Å². The van der Waals surface area contributed by atoms with Gasteiger partial charge in [-0.2, -0.15) is 0 Å². The second-order valence-electron chi connectivity index (χ2n) is 4.06. The predicted octanol–water partition coefficient (Wildman–Crippen LogP) is 1.26. The molecule has 1 heterocycles. The van der Waals surface area contributed by atoms with Crippen LogP contribution in [0.2, 0.25) is 0 Å². The van der Waals surface area contributed by atoms with Crippen molar-refractivity contribution in [1.82, 2.24) is 0 Å². The second kappa shape index (κ2) is 5.58. The van der Waals surface area contributed by atoms with Gasteiger partial charge in [0.25, 0.3) is 0 Å². The number of carbonyl (C=O) groups excluding carboxylic acids is 1. The number of hydrogen-bond donors (Lipinski definition) is 1. The average Bonchev–Trinajstić information content (AvgIpc) is 2.64. The van der Waals surface area contributed by atoms with Gasteiger partial charge in [-0.25, -0.2) is 0 Å². The van der Waals surface area contributed by atoms with Crippen LogP contribution in [0.15, 0.2) is 0 Å². The standard InChI is InChI=1S/C11H20O4/c1-3-9(12)10(13)5-4-6-11(2)14-7-8-15-11/h10,13H,3-8H2,1-2H3. The van der Waals surface area contributed by atoms with Crippen molar-refractivity contribution >= 4 is 5.78 Å². The van der Waals surface area contributed by atoms with E-state index in [1.807, 2.05) is 6.92 Å². The predicted molar refractivity (Wildman–Crippen MR) is 55.5 cm³/mol. The van der Waals surface area contributed by atoms with Crippen molar-refractivity contribution in [3.63, 3.8) is 0 Å². The van der Waals surface area contributed by atoms with E-state index in [0.717, 1.165) is 12.8 Å². The zero-order chi connectivity index (χ0) is 11.3. The van der Waals surface area contributed by atoms with Crippen molar-refractivity contribution in [3.05, 3.63) is 0 Å². The molecule has 4 heteroatoms. The fourth-order valence-electron chi connectivity index (χ4n) is 1.71. The zero-order valence-corrected chi connectivity index (χ0v) is 9.49. The summed E-state index contributed by atoms with van der Waals surface area (Å²) in [6.07, 6.45) is 1.53. The van der Waals surface area contributed by atoms with Crippen molar-refractivity contribution in [2.24, 2.45) is 0 Å². The van der Waals surface area contributed by atoms with Gasteiger partial charge in [-0.1, -0.05) is 6.92 Å². The third-order valence-corrected chi connectivity index (χ3v) is 2.73. The van der Waals surface area contributed by atoms with E-state index >= 15 is 0 Å². The van der Waals surface area contributed by atoms with Crippen LogP contribution in [0.4, 0.5) is 0 Å². The number of hydrogen-bond acceptors (Lipinski definition) is 4. The molecule has 1 saturated heterocycles. The van der Waals surface area contributed by atoms with E-state index in [4.69, 9.17) is 9.47 Å². The first-order valence-electron chi connectivity index (χ1n) is 5.56. The highest BCUT2D eigenvalue weighted by atomic mass is 16.7. The number of Topliss-reactive ketones (excluding diaryl/α,β-unsaturated/α-hetero) is 1. The zero-order valence-electron chi connectivity index (χ0n) is 9.49. The number of ketones is 1. The SMILES string of the molecule is CCC(=O)C(O)CCCC1(C)OCCO1. The van der Waals surface area contributed by atoms with Gasteiger partial charge in [0, 0.05) is 12.8 Å². The first-order valence-corrected chi connectivity index (χ1v) is 5.56. The molecule has 0 saturated carbocycles. The van der Waals surface area contributed by atoms with Gasteiger partial charge in [-0.15, -0.1) is 0 Å². The molecule has 0 amide bonds. The molecule has 1 atom stereocenters. The molecular formula is C11H20O4. The van der Waals surface area contributed by atoms with Crippen molar-refractivity contribution < 1.29 is 19.4 Å². The average molecular weight is 216 g/mol. The molecule has 1 unspecified atom stereocenters. The van der Waals surface area contributed by atoms with Crippen molar-refractivity contribution in [1.29, 1.82) is 0 Å². The lowest BCUT2D eigenvalue weighted by molar-refractivity contribution is -0.149. The Kier molecular flexibility index (Phi) is 4.70. The summed E-state index contributed by atoms with van der Waals surface area (Å²) in [4.78, 5) is 11.1. The third-order valence-electron chi connectivity index (χ3n) is 2.73. The van der Waals surface area contributed by atoms with Gasteiger partial charge in [0.15, 0.2) is 11.6 Å². The summed E-state index contributed by atoms with van der Waals surface area (Å²) in [7, 11) is 0. The van der Waals surface area contributed by atoms with Crippen LogP contribution < -0.4 is 0 Å². The third kappa shape index (κ3) is 3.89. The molecule has 1 N–H and O–H groups in total. The molecule has 0 spiro atoms. The fraction of sp³-hybridized carbons (Fsp3) is 0.909. The van der Waals surface area contributed by atoms with E-state index in [1.54, 1.807) is 6.92 Å². The molecular weight excluding hydrogens is 196 g/mol. The van der Waals surface area contributed by atoms with Gasteiger partial charge in [-0.3, -0.25) is 4.79 Å². The highest BCUT2D eigenvalue weighted by Gasteiger charge is 2.30. The van der Waals surface area contributed by atoms with Gasteiger partial charge in [-0.05, 0) is 19.8 Å². The van der Waals surface area contributed by atoms with Gasteiger partial charge >= 0.3 is 0 Å². The maximum Gasteiger partial charge on any atom is 0.165 e. The molecule has 1 fully saturated rings. The molecule has 0 bridgehead atoms. The first kappa shape index (κ1) is 12.6. The Bertz CT molecular complexity index is 209. The Morgan fingerprint density at radius 3 is 2.60 bits per heavy atom. The topological polar surface area (TPSA) is 55.8 Å². The molecule has 0 aromatic rings. The van der Waals surface area contributed by atoms with E-state index in [-0.39, 0.29) is 5.78 Å². The van der Waals surface area contributed by atoms with Gasteiger partial charge in [0.1, 0.15) is 6.10 Å². The first-order chi connectivity index (χ1) is 7.07. The number of ether oxygens (including phenoxy) is 2. The van der Waals surface area contributed by atoms with Gasteiger partial charge in [0.05, 0.1) is 13.2 Å². The lowest BCUT2D eigenvalue weighted by Crippen LogP contribution is -2.26. The minimum Gasteiger partial charge on any atom is -0.385 e. The Hall–Kier alpha value is -0.450. The van der Waals surface area contributed by atoms with Crippen LogP contribution >= 0.6 is 0 Å². The Morgan fingerprint density at radius 2 is 2.07 bits per heavy atom. The number of aliphatic hydroxyl groups is 1. The molecule has 15 heavy (non-hydrogen) atoms. The van der Waals surface area contributed by atoms with E-state index in [1.165, 1.54) is 0 Å². The van der Waals surface area contributed by atoms with Gasteiger partial charge < -0.3 is 14.6 Å². The Morgan fingerprint density at radius 1 is 1.47 bits per heavy atom. The molecule has 0 radical (unpaired) electrons. The molecule has 0 aromatic carbocycles. The Labute approximate surface area is 90.6 Å². The van der Waals surface area contributed by atoms with Crippen LogP contribution in [-0.4, -0.2) is 36.0 Å². The second-order valence-corrected chi connectivity index (χ2v) is 4.06. The summed E-state index contributed by atoms with van der Waals surface area (Å²) in [5, 5.41) is 9.44. The number of carbonyl (C=O) groups is 1. The van der Waals surface area contributed by atoms with E-state index in [2.05, 4.69) is 0 Å². The summed E-state index contributed by atoms with van der Waals surface area (Å²) in [6, 6.07) is 0. The lowest BCUT2D eigenvalue weighted by atomic mass is 10.0. The van der Waals surface area contributed by atoms with E-state index < -0.39 is 11.9 Å². The summed E-state index contributed by atoms with van der Waals surface area (Å²) < 4.78 is 10.8. The van der Waals surface area contributed by atoms with Crippen molar-refractivity contribution in [3.8, 4) is 0 Å². The molecule has 1 aliphatic rings. The largest absolute Gasteiger partial charge is 0.385 e. The minimum atomic E-state index is -0.819. The van der Waals surface area contributed by atoms with Crippen LogP contribution in [0, 0.1) is 0 Å². The monoisotopic (exact) mass is 216 g/mol. The normalized spacial score (nSPS) is 21.5. The molecule has 1 aliphatic heterocycles. The van der Waals surface area contributed by atoms with E-state index in [0.29, 0.717) is 26.1 Å². The summed E-state index contributed by atoms with van der Waals surface area (Å²) in [5.74, 6) is -0.594. The molecule has 4 nitrogen and oxygen atoms in total. The highest BCUT2D eigenvalue weighted by molar-refractivity contribution is 5.82. The lowest BCUT2D eigenvalue weighted by Gasteiger charge is -2.22. The minimum absolute atomic E-state index is 0.0894. The summed E-state index contributed by atoms with van der Waals surface area (Å²) in [6.45, 7) is 4.92. The Balaban J connectivity index is 2.18. The fourth-order valence-corrected chi connectivity index (χ4v) is 1.71. The summed E-state index contributed by atoms with van der Waals surface area (Å²) in [5.41, 5.74) is 0. The molecule has 1 rings (SSSR count). The quantitative estimate of drug-likeness (QED) is 0.726. The van der Waals surface area contributed by atoms with Gasteiger partial charge in [0.2, 0.25) is 0 Å². The van der Waals surface area contributed by atoms with Crippen LogP contribution in [0.25, 0.3) is 0 Å². The number of aliphatic hydroxyl groups excluding tert-OH is 1. The van der Waals surface area contributed by atoms with Crippen LogP contribution in [0.5, 0.6) is 0 Å². The highest BCUT2D eigenvalue weighted by Crippen LogP contribution is 2.25. The van der Waals surface area contributed by atoms with E-state index in [9.17, 15) is 9.90 Å². The smallest absolute Gasteiger partial charge is 0.165 e. The van der Waals surface area contributed by atoms with Crippen LogP contribution in [0.1, 0.15) is 39.5 Å². The maximum atomic E-state index is 11.1.